The molecule has 2 aliphatic rings. The van der Waals surface area contributed by atoms with Gasteiger partial charge in [0.05, 0.1) is 31.4 Å². The number of likely N-dealkylation sites (tertiary alicyclic amines) is 1. The molecule has 2 aliphatic heterocycles. The molecular weight excluding hydrogens is 498 g/mol. The molecule has 1 atom stereocenters. The van der Waals surface area contributed by atoms with Crippen LogP contribution in [0, 0.1) is 0 Å². The number of hydrogen-bond acceptors (Lipinski definition) is 7. The van der Waals surface area contributed by atoms with E-state index in [2.05, 4.69) is 20.8 Å². The maximum atomic E-state index is 13.5. The molecule has 0 spiro atoms. The zero-order chi connectivity index (χ0) is 27.9. The highest BCUT2D eigenvalue weighted by atomic mass is 16.7. The highest BCUT2D eigenvalue weighted by Gasteiger charge is 2.46. The number of fused-ring (bicyclic) bond motifs is 1. The molecule has 3 aromatic carbocycles. The summed E-state index contributed by atoms with van der Waals surface area (Å²) >= 11 is 0. The molecule has 39 heavy (non-hydrogen) atoms. The Morgan fingerprint density at radius 3 is 2.33 bits per heavy atom. The molecular formula is C31H31NO7. The number of ether oxygens (including phenoxy) is 4. The summed E-state index contributed by atoms with van der Waals surface area (Å²) in [7, 11) is 2.98. The van der Waals surface area contributed by atoms with Crippen molar-refractivity contribution in [2.45, 2.75) is 38.8 Å². The fourth-order valence-corrected chi connectivity index (χ4v) is 4.94. The first-order valence-corrected chi connectivity index (χ1v) is 12.6. The molecule has 0 bridgehead atoms. The van der Waals surface area contributed by atoms with Crippen molar-refractivity contribution >= 4 is 17.4 Å². The topological polar surface area (TPSA) is 94.5 Å². The quantitative estimate of drug-likeness (QED) is 0.261. The fourth-order valence-electron chi connectivity index (χ4n) is 4.94. The second-order valence-electron chi connectivity index (χ2n) is 10.6. The molecule has 0 radical (unpaired) electrons. The van der Waals surface area contributed by atoms with Gasteiger partial charge in [-0.1, -0.05) is 51.1 Å². The molecule has 3 aromatic rings. The Hall–Kier alpha value is -4.46. The van der Waals surface area contributed by atoms with Gasteiger partial charge >= 0.3 is 0 Å². The van der Waals surface area contributed by atoms with E-state index in [4.69, 9.17) is 18.9 Å². The van der Waals surface area contributed by atoms with Crippen molar-refractivity contribution < 1.29 is 33.6 Å². The minimum atomic E-state index is -0.833. The summed E-state index contributed by atoms with van der Waals surface area (Å²) in [5.41, 5.74) is 2.72. The van der Waals surface area contributed by atoms with Crippen LogP contribution in [-0.2, 0) is 21.5 Å². The second kappa shape index (κ2) is 10.0. The third kappa shape index (κ3) is 4.78. The Kier molecular flexibility index (Phi) is 6.72. The average molecular weight is 530 g/mol. The predicted octanol–water partition coefficient (Wildman–Crippen LogP) is 5.35. The Labute approximate surface area is 227 Å². The maximum absolute atomic E-state index is 13.5. The number of nitrogens with zero attached hydrogens (tertiary/aromatic N) is 1. The van der Waals surface area contributed by atoms with Crippen LogP contribution in [0.5, 0.6) is 23.0 Å². The zero-order valence-corrected chi connectivity index (χ0v) is 22.6. The largest absolute Gasteiger partial charge is 0.507 e. The fraction of sp³-hybridized carbons (Fsp3) is 0.290. The van der Waals surface area contributed by atoms with Crippen LogP contribution in [-0.4, -0.2) is 42.7 Å². The lowest BCUT2D eigenvalue weighted by Crippen LogP contribution is -2.29. The summed E-state index contributed by atoms with van der Waals surface area (Å²) in [4.78, 5) is 28.5. The average Bonchev–Trinajstić information content (AvgIpc) is 3.50. The number of carbonyl (C=O) groups is 2. The number of amides is 1. The van der Waals surface area contributed by atoms with Crippen LogP contribution in [0.1, 0.15) is 49.1 Å². The van der Waals surface area contributed by atoms with Gasteiger partial charge in [-0.15, -0.1) is 0 Å². The number of methoxy groups -OCH3 is 2. The van der Waals surface area contributed by atoms with Crippen molar-refractivity contribution in [2.75, 3.05) is 21.0 Å². The molecule has 202 valence electrons. The minimum absolute atomic E-state index is 0.0178. The smallest absolute Gasteiger partial charge is 0.295 e. The van der Waals surface area contributed by atoms with Crippen LogP contribution in [0.25, 0.3) is 5.76 Å². The van der Waals surface area contributed by atoms with Gasteiger partial charge in [-0.25, -0.2) is 0 Å². The number of carbonyl (C=O) groups excluding carboxylic acids is 2. The highest BCUT2D eigenvalue weighted by Crippen LogP contribution is 2.43. The van der Waals surface area contributed by atoms with E-state index in [1.165, 1.54) is 19.1 Å². The molecule has 1 N–H and O–H groups in total. The van der Waals surface area contributed by atoms with Crippen LogP contribution in [0.15, 0.2) is 66.2 Å². The van der Waals surface area contributed by atoms with E-state index in [0.29, 0.717) is 28.6 Å². The van der Waals surface area contributed by atoms with Crippen LogP contribution in [0.4, 0.5) is 0 Å². The van der Waals surface area contributed by atoms with E-state index in [1.54, 1.807) is 30.3 Å². The summed E-state index contributed by atoms with van der Waals surface area (Å²) in [6.45, 7) is 6.60. The predicted molar refractivity (Wildman–Crippen MR) is 145 cm³/mol. The molecule has 2 heterocycles. The normalized spacial score (nSPS) is 18.0. The van der Waals surface area contributed by atoms with Crippen molar-refractivity contribution in [2.24, 2.45) is 0 Å². The van der Waals surface area contributed by atoms with E-state index in [-0.39, 0.29) is 35.6 Å². The number of benzene rings is 3. The van der Waals surface area contributed by atoms with Crippen LogP contribution in [0.2, 0.25) is 0 Å². The number of aliphatic hydroxyl groups is 1. The van der Waals surface area contributed by atoms with Crippen molar-refractivity contribution in [3.8, 4) is 23.0 Å². The monoisotopic (exact) mass is 529 g/mol. The first-order chi connectivity index (χ1) is 18.6. The number of aliphatic hydroxyl groups excluding tert-OH is 1. The Bertz CT molecular complexity index is 1470. The van der Waals surface area contributed by atoms with Crippen LogP contribution >= 0.6 is 0 Å². The van der Waals surface area contributed by atoms with Crippen molar-refractivity contribution in [3.63, 3.8) is 0 Å². The number of ketones is 1. The summed E-state index contributed by atoms with van der Waals surface area (Å²) in [5.74, 6) is 0.206. The second-order valence-corrected chi connectivity index (χ2v) is 10.6. The van der Waals surface area contributed by atoms with Crippen molar-refractivity contribution in [1.29, 1.82) is 0 Å². The lowest BCUT2D eigenvalue weighted by molar-refractivity contribution is -0.140. The molecule has 0 saturated carbocycles. The number of Topliss-reactive ketones (excluding diaryl/α,β-unsaturated/α-hetero) is 1. The van der Waals surface area contributed by atoms with Gasteiger partial charge in [0.15, 0.2) is 11.5 Å². The molecule has 8 nitrogen and oxygen atoms in total. The lowest BCUT2D eigenvalue weighted by Gasteiger charge is -2.27. The van der Waals surface area contributed by atoms with Gasteiger partial charge < -0.3 is 29.0 Å². The molecule has 1 unspecified atom stereocenters. The standard InChI is InChI=1S/C31H31NO7/c1-31(2,3)20-9-7-19(8-10-20)27-26(28(33)22-15-21(36-4)11-13-23(22)37-5)29(34)30(35)32(27)16-18-6-12-24-25(14-18)39-17-38-24/h6-15,27,33H,16-17H2,1-5H3/b28-26+. The molecule has 1 amide bonds. The molecule has 1 fully saturated rings. The number of hydrogen-bond donors (Lipinski definition) is 1. The SMILES string of the molecule is COc1ccc(OC)c(/C(O)=C2\C(=O)C(=O)N(Cc3ccc4c(c3)OCO4)C2c2ccc(C(C)(C)C)cc2)c1. The Morgan fingerprint density at radius 2 is 1.67 bits per heavy atom. The van der Waals surface area contributed by atoms with E-state index in [1.807, 2.05) is 30.3 Å². The van der Waals surface area contributed by atoms with Gasteiger partial charge in [-0.05, 0) is 52.4 Å². The summed E-state index contributed by atoms with van der Waals surface area (Å²) < 4.78 is 21.7. The van der Waals surface area contributed by atoms with Crippen LogP contribution in [0.3, 0.4) is 0 Å². The van der Waals surface area contributed by atoms with Gasteiger partial charge in [-0.2, -0.15) is 0 Å². The molecule has 0 aromatic heterocycles. The Balaban J connectivity index is 1.65. The van der Waals surface area contributed by atoms with Gasteiger partial charge in [0.2, 0.25) is 6.79 Å². The maximum Gasteiger partial charge on any atom is 0.295 e. The van der Waals surface area contributed by atoms with E-state index >= 15 is 0 Å². The van der Waals surface area contributed by atoms with Crippen molar-refractivity contribution in [3.05, 3.63) is 88.5 Å². The van der Waals surface area contributed by atoms with Gasteiger partial charge in [0.25, 0.3) is 11.7 Å². The van der Waals surface area contributed by atoms with Gasteiger partial charge in [0, 0.05) is 6.54 Å². The molecule has 8 heteroatoms. The van der Waals surface area contributed by atoms with Crippen molar-refractivity contribution in [1.82, 2.24) is 4.90 Å². The molecule has 5 rings (SSSR count). The molecule has 1 saturated heterocycles. The van der Waals surface area contributed by atoms with Gasteiger partial charge in [-0.3, -0.25) is 9.59 Å². The number of rotatable bonds is 6. The molecule has 0 aliphatic carbocycles. The van der Waals surface area contributed by atoms with E-state index in [9.17, 15) is 14.7 Å². The van der Waals surface area contributed by atoms with Gasteiger partial charge in [0.1, 0.15) is 17.3 Å². The first-order valence-electron chi connectivity index (χ1n) is 12.6. The van der Waals surface area contributed by atoms with E-state index < -0.39 is 17.7 Å². The summed E-state index contributed by atoms with van der Waals surface area (Å²) in [6, 6.07) is 17.3. The lowest BCUT2D eigenvalue weighted by atomic mass is 9.85. The first kappa shape index (κ1) is 26.2. The minimum Gasteiger partial charge on any atom is -0.507 e. The summed E-state index contributed by atoms with van der Waals surface area (Å²) in [6.07, 6.45) is 0. The third-order valence-electron chi connectivity index (χ3n) is 7.08. The van der Waals surface area contributed by atoms with Crippen LogP contribution < -0.4 is 18.9 Å². The zero-order valence-electron chi connectivity index (χ0n) is 22.6. The van der Waals surface area contributed by atoms with E-state index in [0.717, 1.165) is 11.1 Å². The third-order valence-corrected chi connectivity index (χ3v) is 7.08. The highest BCUT2D eigenvalue weighted by molar-refractivity contribution is 6.46. The summed E-state index contributed by atoms with van der Waals surface area (Å²) in [5, 5.41) is 11.6. The Morgan fingerprint density at radius 1 is 0.949 bits per heavy atom.